The van der Waals surface area contributed by atoms with Crippen LogP contribution in [0.25, 0.3) is 22.3 Å². The number of carbonyl (C=O) groups excluding carboxylic acids is 8. The van der Waals surface area contributed by atoms with Crippen LogP contribution in [0.4, 0.5) is 5.69 Å². The number of fused-ring (bicyclic) bond motifs is 6. The van der Waals surface area contributed by atoms with Crippen LogP contribution in [0.3, 0.4) is 0 Å². The molecule has 436 valence electrons. The molecule has 10 N–H and O–H groups in total. The zero-order valence-electron chi connectivity index (χ0n) is 48.8. The molecule has 0 bridgehead atoms. The lowest BCUT2D eigenvalue weighted by Gasteiger charge is -2.36. The molecule has 0 aromatic heterocycles. The number of likely N-dealkylation sites (tertiary alicyclic amines) is 2. The van der Waals surface area contributed by atoms with E-state index in [4.69, 9.17) is 5.73 Å². The topological polar surface area (TPSA) is 265 Å². The molecule has 2 heterocycles. The van der Waals surface area contributed by atoms with Gasteiger partial charge >= 0.3 is 0 Å². The quantitative estimate of drug-likeness (QED) is 0.0611. The van der Waals surface area contributed by atoms with Crippen LogP contribution < -0.4 is 48.3 Å². The number of benzene rings is 5. The van der Waals surface area contributed by atoms with E-state index in [-0.39, 0.29) is 42.7 Å². The van der Waals surface area contributed by atoms with E-state index >= 15 is 0 Å². The third-order valence-corrected chi connectivity index (χ3v) is 16.6. The summed E-state index contributed by atoms with van der Waals surface area (Å²) in [6.45, 7) is 14.2. The second kappa shape index (κ2) is 23.8. The van der Waals surface area contributed by atoms with Crippen molar-refractivity contribution in [2.24, 2.45) is 10.8 Å². The van der Waals surface area contributed by atoms with Gasteiger partial charge in [-0.1, -0.05) is 139 Å². The predicted octanol–water partition coefficient (Wildman–Crippen LogP) is 4.72. The lowest BCUT2D eigenvalue weighted by molar-refractivity contribution is -0.144. The van der Waals surface area contributed by atoms with Crippen molar-refractivity contribution in [2.45, 2.75) is 129 Å². The van der Waals surface area contributed by atoms with Gasteiger partial charge in [0, 0.05) is 42.0 Å². The fourth-order valence-corrected chi connectivity index (χ4v) is 11.8. The number of anilines is 1. The van der Waals surface area contributed by atoms with E-state index in [0.29, 0.717) is 0 Å². The first-order valence-electron chi connectivity index (χ1n) is 28.4. The first kappa shape index (κ1) is 59.2. The van der Waals surface area contributed by atoms with Crippen LogP contribution in [-0.4, -0.2) is 133 Å². The highest BCUT2D eigenvalue weighted by molar-refractivity contribution is 6.02. The van der Waals surface area contributed by atoms with Crippen LogP contribution in [0.1, 0.15) is 123 Å². The van der Waals surface area contributed by atoms with Crippen molar-refractivity contribution in [3.05, 3.63) is 149 Å². The molecule has 8 unspecified atom stereocenters. The van der Waals surface area contributed by atoms with Gasteiger partial charge in [-0.15, -0.1) is 0 Å². The molecule has 9 rings (SSSR count). The largest absolute Gasteiger partial charge is 0.399 e. The Morgan fingerprint density at radius 2 is 0.795 bits per heavy atom. The van der Waals surface area contributed by atoms with Gasteiger partial charge in [-0.25, -0.2) is 0 Å². The summed E-state index contributed by atoms with van der Waals surface area (Å²) in [7, 11) is 3.28. The SMILES string of the molecule is CNC(C)C(=O)NC(C(=O)N1CC(NC(=O)c2cc(N)cc(C(=O)NC3CC(C(=O)NC4c5ccccc5-c5ccccc54)N(C(=O)C(NC(=O)C(C)NC)C(C)(C)C)C3)c2)CC1C(=O)NC1c2ccccc2-c2ccccc21)C(C)(C)C. The zero-order chi connectivity index (χ0) is 59.8. The molecule has 0 radical (unpaired) electrons. The second-order valence-corrected chi connectivity index (χ2v) is 24.5. The highest BCUT2D eigenvalue weighted by atomic mass is 16.2. The molecule has 2 saturated heterocycles. The van der Waals surface area contributed by atoms with Gasteiger partial charge in [-0.3, -0.25) is 38.4 Å². The van der Waals surface area contributed by atoms with Crippen LogP contribution >= 0.6 is 0 Å². The first-order chi connectivity index (χ1) is 39.4. The molecule has 2 aliphatic carbocycles. The van der Waals surface area contributed by atoms with Crippen LogP contribution in [-0.2, 0) is 28.8 Å². The fraction of sp³-hybridized carbons (Fsp3) is 0.406. The van der Waals surface area contributed by atoms with Gasteiger partial charge in [0.1, 0.15) is 24.2 Å². The zero-order valence-corrected chi connectivity index (χ0v) is 48.8. The summed E-state index contributed by atoms with van der Waals surface area (Å²) in [5.41, 5.74) is 12.5. The summed E-state index contributed by atoms with van der Waals surface area (Å²) in [5, 5.41) is 24.1. The molecular formula is C64H77N11O8. The van der Waals surface area contributed by atoms with Crippen molar-refractivity contribution in [3.8, 4) is 22.3 Å². The molecule has 83 heavy (non-hydrogen) atoms. The summed E-state index contributed by atoms with van der Waals surface area (Å²) in [6.07, 6.45) is 0.0405. The Kier molecular flexibility index (Phi) is 17.0. The molecule has 5 aromatic rings. The van der Waals surface area contributed by atoms with E-state index in [0.717, 1.165) is 44.5 Å². The molecule has 0 spiro atoms. The van der Waals surface area contributed by atoms with E-state index < -0.39 is 119 Å². The number of likely N-dealkylation sites (N-methyl/N-ethyl adjacent to an activating group) is 2. The Labute approximate surface area is 485 Å². The summed E-state index contributed by atoms with van der Waals surface area (Å²) in [5.74, 6) is -3.93. The van der Waals surface area contributed by atoms with Crippen molar-refractivity contribution >= 4 is 52.9 Å². The third kappa shape index (κ3) is 12.2. The molecule has 2 fully saturated rings. The van der Waals surface area contributed by atoms with Crippen molar-refractivity contribution in [3.63, 3.8) is 0 Å². The molecular weight excluding hydrogens is 1050 g/mol. The Bertz CT molecular complexity index is 3060. The van der Waals surface area contributed by atoms with Gasteiger partial charge in [-0.2, -0.15) is 0 Å². The van der Waals surface area contributed by atoms with Crippen LogP contribution in [0.15, 0.2) is 115 Å². The Hall–Kier alpha value is -8.42. The third-order valence-electron chi connectivity index (χ3n) is 16.6. The van der Waals surface area contributed by atoms with Gasteiger partial charge in [0.25, 0.3) is 11.8 Å². The maximum absolute atomic E-state index is 14.9. The van der Waals surface area contributed by atoms with Crippen LogP contribution in [0.5, 0.6) is 0 Å². The highest BCUT2D eigenvalue weighted by Gasteiger charge is 2.49. The molecule has 0 saturated carbocycles. The van der Waals surface area contributed by atoms with Gasteiger partial charge in [0.05, 0.1) is 24.2 Å². The van der Waals surface area contributed by atoms with Crippen molar-refractivity contribution < 1.29 is 38.4 Å². The van der Waals surface area contributed by atoms with E-state index in [1.54, 1.807) is 27.9 Å². The maximum atomic E-state index is 14.9. The molecule has 19 nitrogen and oxygen atoms in total. The molecule has 4 aliphatic rings. The number of carbonyl (C=O) groups is 8. The van der Waals surface area contributed by atoms with Crippen molar-refractivity contribution in [2.75, 3.05) is 32.9 Å². The molecule has 19 heteroatoms. The Morgan fingerprint density at radius 3 is 1.10 bits per heavy atom. The number of hydrogen-bond acceptors (Lipinski definition) is 11. The summed E-state index contributed by atoms with van der Waals surface area (Å²) < 4.78 is 0. The van der Waals surface area contributed by atoms with Gasteiger partial charge < -0.3 is 58.1 Å². The van der Waals surface area contributed by atoms with Crippen molar-refractivity contribution in [1.29, 1.82) is 0 Å². The van der Waals surface area contributed by atoms with Crippen molar-refractivity contribution in [1.82, 2.24) is 52.3 Å². The molecule has 8 amide bonds. The number of rotatable bonds is 16. The Morgan fingerprint density at radius 1 is 0.482 bits per heavy atom. The lowest BCUT2D eigenvalue weighted by atomic mass is 9.85. The minimum atomic E-state index is -1.07. The number of nitrogen functional groups attached to an aromatic ring is 1. The van der Waals surface area contributed by atoms with E-state index in [1.165, 1.54) is 28.0 Å². The Balaban J connectivity index is 0.953. The minimum Gasteiger partial charge on any atom is -0.399 e. The number of nitrogens with zero attached hydrogens (tertiary/aromatic N) is 2. The first-order valence-corrected chi connectivity index (χ1v) is 28.4. The van der Waals surface area contributed by atoms with E-state index in [9.17, 15) is 38.4 Å². The number of nitrogens with one attached hydrogen (secondary N) is 8. The normalized spacial score (nSPS) is 19.7. The molecule has 5 aromatic carbocycles. The smallest absolute Gasteiger partial charge is 0.251 e. The summed E-state index contributed by atoms with van der Waals surface area (Å²) in [4.78, 5) is 118. The minimum absolute atomic E-state index is 0.0202. The monoisotopic (exact) mass is 1130 g/mol. The van der Waals surface area contributed by atoms with E-state index in [2.05, 4.69) is 42.5 Å². The van der Waals surface area contributed by atoms with E-state index in [1.807, 2.05) is 139 Å². The molecule has 2 aliphatic heterocycles. The average molecular weight is 1130 g/mol. The highest BCUT2D eigenvalue weighted by Crippen LogP contribution is 2.45. The lowest BCUT2D eigenvalue weighted by Crippen LogP contribution is -2.59. The number of amides is 8. The second-order valence-electron chi connectivity index (χ2n) is 24.5. The predicted molar refractivity (Wildman–Crippen MR) is 317 cm³/mol. The van der Waals surface area contributed by atoms with Gasteiger partial charge in [-0.05, 0) is 114 Å². The average Bonchev–Trinajstić information content (AvgIpc) is 3.21. The fourth-order valence-electron chi connectivity index (χ4n) is 11.8. The van der Waals surface area contributed by atoms with Gasteiger partial charge in [0.2, 0.25) is 35.4 Å². The maximum Gasteiger partial charge on any atom is 0.251 e. The molecule has 8 atom stereocenters. The summed E-state index contributed by atoms with van der Waals surface area (Å²) in [6, 6.07) is 27.4. The van der Waals surface area contributed by atoms with Crippen LogP contribution in [0, 0.1) is 10.8 Å². The number of hydrogen-bond donors (Lipinski definition) is 9. The van der Waals surface area contributed by atoms with Gasteiger partial charge in [0.15, 0.2) is 0 Å². The number of nitrogens with two attached hydrogens (primary N) is 1. The standard InChI is InChI=1S/C64H77N11O8/c1-34(66-9)55(76)72-53(63(3,4)5)61(82)74-32-39(30-49(74)59(80)70-51-45-23-15-11-19-41(45)42-20-12-16-24-46(42)51)68-57(78)36-27-37(29-38(65)28-36)58(79)69-40-31-50(75(33-40)62(83)54(64(6,7)8)73-56(77)35(2)67-10)60(81)71-52-47-25-17-13-21-43(47)44-22-14-18-26-48(44)52/h11-29,34-35,39-40,49-54,66-67H,30-33,65H2,1-10H3,(H,68,78)(H,69,79)(H,70,80)(H,71,81)(H,72,76)(H,73,77). The summed E-state index contributed by atoms with van der Waals surface area (Å²) >= 11 is 0. The van der Waals surface area contributed by atoms with Crippen LogP contribution in [0.2, 0.25) is 0 Å².